The molecule has 1 atom stereocenters. The highest BCUT2D eigenvalue weighted by Crippen LogP contribution is 2.36. The van der Waals surface area contributed by atoms with Crippen LogP contribution in [0.4, 0.5) is 0 Å². The van der Waals surface area contributed by atoms with Gasteiger partial charge >= 0.3 is 5.69 Å². The minimum Gasteiger partial charge on any atom is -0.295 e. The summed E-state index contributed by atoms with van der Waals surface area (Å²) in [6.07, 6.45) is 7.58. The Bertz CT molecular complexity index is 1590. The van der Waals surface area contributed by atoms with Gasteiger partial charge in [-0.2, -0.15) is 5.21 Å². The molecule has 0 spiro atoms. The van der Waals surface area contributed by atoms with Gasteiger partial charge in [0.05, 0.1) is 18.3 Å². The van der Waals surface area contributed by atoms with Gasteiger partial charge in [0.1, 0.15) is 0 Å². The highest BCUT2D eigenvalue weighted by Gasteiger charge is 2.24. The largest absolute Gasteiger partial charge is 0.329 e. The fourth-order valence-corrected chi connectivity index (χ4v) is 5.53. The van der Waals surface area contributed by atoms with Gasteiger partial charge in [-0.05, 0) is 51.8 Å². The molecule has 2 aromatic carbocycles. The molecule has 206 valence electrons. The van der Waals surface area contributed by atoms with E-state index in [1.807, 2.05) is 59.6 Å². The van der Waals surface area contributed by atoms with E-state index in [2.05, 4.69) is 73.4 Å². The SMILES string of the molecule is CCCC(c1c(C(C)C)cccc1C(C)C)n1ccn(Cc2ccc(-c3ccccc3-c3nn[nH]n3)nc2)c1=O. The van der Waals surface area contributed by atoms with Crippen molar-refractivity contribution < 1.29 is 0 Å². The fourth-order valence-electron chi connectivity index (χ4n) is 5.53. The molecule has 0 aliphatic heterocycles. The molecule has 3 heterocycles. The van der Waals surface area contributed by atoms with Gasteiger partial charge in [0.15, 0.2) is 0 Å². The lowest BCUT2D eigenvalue weighted by atomic mass is 9.83. The summed E-state index contributed by atoms with van der Waals surface area (Å²) in [5.74, 6) is 1.27. The van der Waals surface area contributed by atoms with Crippen LogP contribution in [0.25, 0.3) is 22.6 Å². The van der Waals surface area contributed by atoms with E-state index in [0.717, 1.165) is 35.2 Å². The first-order valence-electron chi connectivity index (χ1n) is 14.1. The van der Waals surface area contributed by atoms with Crippen molar-refractivity contribution in [2.45, 2.75) is 71.9 Å². The number of pyridine rings is 1. The number of benzene rings is 2. The first-order valence-corrected chi connectivity index (χ1v) is 14.1. The van der Waals surface area contributed by atoms with Crippen LogP contribution in [0, 0.1) is 0 Å². The summed E-state index contributed by atoms with van der Waals surface area (Å²) in [6.45, 7) is 11.6. The van der Waals surface area contributed by atoms with Gasteiger partial charge in [0.2, 0.25) is 5.82 Å². The second-order valence-corrected chi connectivity index (χ2v) is 10.9. The maximum atomic E-state index is 13.8. The van der Waals surface area contributed by atoms with Gasteiger partial charge in [0.25, 0.3) is 0 Å². The number of rotatable bonds is 10. The van der Waals surface area contributed by atoms with Gasteiger partial charge < -0.3 is 0 Å². The number of H-pyrrole nitrogens is 1. The van der Waals surface area contributed by atoms with E-state index in [4.69, 9.17) is 4.98 Å². The molecular weight excluding hydrogens is 498 g/mol. The molecule has 0 radical (unpaired) electrons. The first-order chi connectivity index (χ1) is 19.4. The van der Waals surface area contributed by atoms with Crippen LogP contribution in [-0.2, 0) is 6.54 Å². The Morgan fingerprint density at radius 2 is 1.60 bits per heavy atom. The van der Waals surface area contributed by atoms with E-state index in [1.165, 1.54) is 16.7 Å². The lowest BCUT2D eigenvalue weighted by Crippen LogP contribution is -2.29. The predicted octanol–water partition coefficient (Wildman–Crippen LogP) is 6.58. The molecule has 0 saturated carbocycles. The number of imidazole rings is 1. The van der Waals surface area contributed by atoms with Gasteiger partial charge in [-0.3, -0.25) is 14.1 Å². The molecule has 8 heteroatoms. The van der Waals surface area contributed by atoms with E-state index in [9.17, 15) is 4.79 Å². The van der Waals surface area contributed by atoms with Crippen molar-refractivity contribution in [3.8, 4) is 22.6 Å². The third-order valence-electron chi connectivity index (χ3n) is 7.49. The molecule has 0 saturated heterocycles. The number of aromatic amines is 1. The van der Waals surface area contributed by atoms with Crippen molar-refractivity contribution in [3.05, 3.63) is 106 Å². The molecule has 5 aromatic rings. The summed E-state index contributed by atoms with van der Waals surface area (Å²) in [7, 11) is 0. The van der Waals surface area contributed by atoms with E-state index >= 15 is 0 Å². The molecule has 5 rings (SSSR count). The molecule has 8 nitrogen and oxygen atoms in total. The van der Waals surface area contributed by atoms with E-state index in [0.29, 0.717) is 24.2 Å². The Balaban J connectivity index is 1.45. The van der Waals surface area contributed by atoms with Crippen LogP contribution in [0.2, 0.25) is 0 Å². The maximum absolute atomic E-state index is 13.8. The molecule has 0 aliphatic carbocycles. The third kappa shape index (κ3) is 5.39. The monoisotopic (exact) mass is 535 g/mol. The first kappa shape index (κ1) is 27.2. The Morgan fingerprint density at radius 3 is 2.20 bits per heavy atom. The highest BCUT2D eigenvalue weighted by atomic mass is 16.1. The molecule has 1 unspecified atom stereocenters. The zero-order valence-corrected chi connectivity index (χ0v) is 23.9. The zero-order valence-electron chi connectivity index (χ0n) is 23.9. The molecule has 3 aromatic heterocycles. The highest BCUT2D eigenvalue weighted by molar-refractivity contribution is 5.78. The molecule has 1 N–H and O–H groups in total. The van der Waals surface area contributed by atoms with E-state index in [-0.39, 0.29) is 11.7 Å². The van der Waals surface area contributed by atoms with Crippen molar-refractivity contribution >= 4 is 0 Å². The van der Waals surface area contributed by atoms with Crippen molar-refractivity contribution in [2.75, 3.05) is 0 Å². The lowest BCUT2D eigenvalue weighted by molar-refractivity contribution is 0.497. The second kappa shape index (κ2) is 11.8. The summed E-state index contributed by atoms with van der Waals surface area (Å²) in [6, 6.07) is 18.4. The summed E-state index contributed by atoms with van der Waals surface area (Å²) in [5.41, 5.74) is 7.50. The van der Waals surface area contributed by atoms with Crippen LogP contribution in [0.3, 0.4) is 0 Å². The van der Waals surface area contributed by atoms with Crippen LogP contribution < -0.4 is 5.69 Å². The Hall–Kier alpha value is -4.33. The number of nitrogens with zero attached hydrogens (tertiary/aromatic N) is 6. The van der Waals surface area contributed by atoms with Crippen LogP contribution in [0.1, 0.15) is 87.6 Å². The molecule has 0 aliphatic rings. The number of tetrazole rings is 1. The van der Waals surface area contributed by atoms with Crippen molar-refractivity contribution in [1.82, 2.24) is 34.7 Å². The van der Waals surface area contributed by atoms with Crippen molar-refractivity contribution in [3.63, 3.8) is 0 Å². The molecule has 0 bridgehead atoms. The topological polar surface area (TPSA) is 94.3 Å². The van der Waals surface area contributed by atoms with Crippen LogP contribution in [-0.4, -0.2) is 34.7 Å². The Morgan fingerprint density at radius 1 is 0.875 bits per heavy atom. The van der Waals surface area contributed by atoms with Crippen LogP contribution >= 0.6 is 0 Å². The van der Waals surface area contributed by atoms with Crippen LogP contribution in [0.15, 0.2) is 78.0 Å². The smallest absolute Gasteiger partial charge is 0.295 e. The minimum absolute atomic E-state index is 0.00163. The predicted molar refractivity (Wildman–Crippen MR) is 158 cm³/mol. The molecule has 0 fully saturated rings. The van der Waals surface area contributed by atoms with Crippen molar-refractivity contribution in [2.24, 2.45) is 0 Å². The summed E-state index contributed by atoms with van der Waals surface area (Å²) in [4.78, 5) is 18.5. The molecule has 40 heavy (non-hydrogen) atoms. The van der Waals surface area contributed by atoms with Gasteiger partial charge in [-0.15, -0.1) is 10.2 Å². The second-order valence-electron chi connectivity index (χ2n) is 10.9. The zero-order chi connectivity index (χ0) is 28.2. The number of nitrogens with one attached hydrogen (secondary N) is 1. The normalized spacial score (nSPS) is 12.4. The molecular formula is C32H37N7O. The van der Waals surface area contributed by atoms with Gasteiger partial charge in [-0.1, -0.05) is 89.6 Å². The third-order valence-corrected chi connectivity index (χ3v) is 7.49. The minimum atomic E-state index is -0.00288. The number of hydrogen-bond donors (Lipinski definition) is 1. The summed E-state index contributed by atoms with van der Waals surface area (Å²) >= 11 is 0. The Labute approximate surface area is 235 Å². The maximum Gasteiger partial charge on any atom is 0.329 e. The lowest BCUT2D eigenvalue weighted by Gasteiger charge is -2.27. The summed E-state index contributed by atoms with van der Waals surface area (Å²) in [5, 5.41) is 14.4. The van der Waals surface area contributed by atoms with Gasteiger partial charge in [0, 0.05) is 29.7 Å². The van der Waals surface area contributed by atoms with Crippen molar-refractivity contribution in [1.29, 1.82) is 0 Å². The molecule has 0 amide bonds. The fraction of sp³-hybridized carbons (Fsp3) is 0.344. The van der Waals surface area contributed by atoms with Crippen LogP contribution in [0.5, 0.6) is 0 Å². The number of aromatic nitrogens is 7. The quantitative estimate of drug-likeness (QED) is 0.218. The Kier molecular flexibility index (Phi) is 8.05. The average Bonchev–Trinajstić information content (AvgIpc) is 3.62. The van der Waals surface area contributed by atoms with E-state index < -0.39 is 0 Å². The van der Waals surface area contributed by atoms with E-state index in [1.54, 1.807) is 4.57 Å². The standard InChI is InChI=1S/C32H37N7O/c1-6-10-29(30-24(21(2)3)13-9-14-25(30)22(4)5)39-18-17-38(32(39)40)20-23-15-16-28(33-19-23)26-11-7-8-12-27(26)31-34-36-37-35-31/h7-9,11-19,21-22,29H,6,10,20H2,1-5H3,(H,34,35,36,37). The average molecular weight is 536 g/mol. The number of hydrogen-bond acceptors (Lipinski definition) is 5. The van der Waals surface area contributed by atoms with Gasteiger partial charge in [-0.25, -0.2) is 4.79 Å². The summed E-state index contributed by atoms with van der Waals surface area (Å²) < 4.78 is 3.71.